The third-order valence-electron chi connectivity index (χ3n) is 2.44. The molecule has 1 unspecified atom stereocenters. The number of hydrogen-bond donors (Lipinski definition) is 1. The lowest BCUT2D eigenvalue weighted by molar-refractivity contribution is 0.601. The average molecular weight is 320 g/mol. The first-order valence-corrected chi connectivity index (χ1v) is 7.59. The second-order valence-electron chi connectivity index (χ2n) is 4.35. The number of likely N-dealkylation sites (N-methyl/N-ethyl adjacent to an activating group) is 1. The number of hydrogen-bond acceptors (Lipinski definition) is 2. The Morgan fingerprint density at radius 2 is 2.06 bits per heavy atom. The topological polar surface area (TPSA) is 12.0 Å². The van der Waals surface area contributed by atoms with Crippen LogP contribution in [0.2, 0.25) is 0 Å². The van der Waals surface area contributed by atoms with Gasteiger partial charge in [0.1, 0.15) is 5.82 Å². The molecule has 1 aromatic rings. The van der Waals surface area contributed by atoms with Gasteiger partial charge in [0.25, 0.3) is 0 Å². The number of nitrogens with one attached hydrogen (secondary N) is 1. The molecule has 0 saturated carbocycles. The summed E-state index contributed by atoms with van der Waals surface area (Å²) in [5, 5.41) is 3.92. The molecule has 1 N–H and O–H groups in total. The molecule has 96 valence electrons. The minimum atomic E-state index is -0.180. The van der Waals surface area contributed by atoms with Gasteiger partial charge in [-0.15, -0.1) is 0 Å². The molecule has 17 heavy (non-hydrogen) atoms. The third-order valence-corrected chi connectivity index (χ3v) is 4.16. The lowest BCUT2D eigenvalue weighted by atomic mass is 10.1. The van der Waals surface area contributed by atoms with Crippen molar-refractivity contribution in [3.8, 4) is 0 Å². The van der Waals surface area contributed by atoms with E-state index in [1.54, 1.807) is 6.07 Å². The molecular weight excluding hydrogens is 301 g/mol. The standard InChI is InChI=1S/C13H19BrFNS/c1-9(2)17-8-13(16-3)6-10-4-11(14)7-12(15)5-10/h4-5,7,9,13,16H,6,8H2,1-3H3. The maximum Gasteiger partial charge on any atom is 0.124 e. The SMILES string of the molecule is CNC(CSC(C)C)Cc1cc(F)cc(Br)c1. The quantitative estimate of drug-likeness (QED) is 0.854. The smallest absolute Gasteiger partial charge is 0.124 e. The van der Waals surface area contributed by atoms with Crippen LogP contribution in [0.25, 0.3) is 0 Å². The highest BCUT2D eigenvalue weighted by molar-refractivity contribution is 9.10. The van der Waals surface area contributed by atoms with E-state index in [0.29, 0.717) is 11.3 Å². The second-order valence-corrected chi connectivity index (χ2v) is 6.87. The minimum absolute atomic E-state index is 0.180. The fraction of sp³-hybridized carbons (Fsp3) is 0.538. The van der Waals surface area contributed by atoms with E-state index in [9.17, 15) is 4.39 Å². The van der Waals surface area contributed by atoms with Crippen molar-refractivity contribution in [3.05, 3.63) is 34.1 Å². The summed E-state index contributed by atoms with van der Waals surface area (Å²) in [4.78, 5) is 0. The maximum atomic E-state index is 13.2. The molecule has 1 rings (SSSR count). The summed E-state index contributed by atoms with van der Waals surface area (Å²) in [6, 6.07) is 5.46. The first kappa shape index (κ1) is 15.0. The lowest BCUT2D eigenvalue weighted by Crippen LogP contribution is -2.30. The van der Waals surface area contributed by atoms with Gasteiger partial charge in [-0.2, -0.15) is 11.8 Å². The van der Waals surface area contributed by atoms with Crippen molar-refractivity contribution >= 4 is 27.7 Å². The Balaban J connectivity index is 2.60. The van der Waals surface area contributed by atoms with Crippen LogP contribution in [-0.4, -0.2) is 24.1 Å². The average Bonchev–Trinajstić information content (AvgIpc) is 2.22. The van der Waals surface area contributed by atoms with Gasteiger partial charge in [-0.25, -0.2) is 4.39 Å². The molecule has 0 fully saturated rings. The van der Waals surface area contributed by atoms with Gasteiger partial charge in [0.05, 0.1) is 0 Å². The Morgan fingerprint density at radius 1 is 1.35 bits per heavy atom. The summed E-state index contributed by atoms with van der Waals surface area (Å²) in [5.74, 6) is 0.864. The molecule has 0 radical (unpaired) electrons. The predicted octanol–water partition coefficient (Wildman–Crippen LogP) is 3.86. The van der Waals surface area contributed by atoms with E-state index < -0.39 is 0 Å². The van der Waals surface area contributed by atoms with Crippen LogP contribution in [0.3, 0.4) is 0 Å². The Morgan fingerprint density at radius 3 is 2.59 bits per heavy atom. The largest absolute Gasteiger partial charge is 0.316 e. The van der Waals surface area contributed by atoms with E-state index in [0.717, 1.165) is 22.2 Å². The molecule has 1 aromatic carbocycles. The normalized spacial score (nSPS) is 13.1. The molecule has 1 atom stereocenters. The monoisotopic (exact) mass is 319 g/mol. The molecule has 0 aliphatic rings. The van der Waals surface area contributed by atoms with E-state index in [1.165, 1.54) is 6.07 Å². The molecule has 0 amide bonds. The van der Waals surface area contributed by atoms with Crippen molar-refractivity contribution in [2.45, 2.75) is 31.6 Å². The molecule has 0 aliphatic carbocycles. The highest BCUT2D eigenvalue weighted by Gasteiger charge is 2.10. The molecular formula is C13H19BrFNS. The molecule has 4 heteroatoms. The van der Waals surface area contributed by atoms with Crippen LogP contribution in [-0.2, 0) is 6.42 Å². The Bertz CT molecular complexity index is 337. The van der Waals surface area contributed by atoms with Crippen molar-refractivity contribution < 1.29 is 4.39 Å². The predicted molar refractivity (Wildman–Crippen MR) is 78.2 cm³/mol. The van der Waals surface area contributed by atoms with Gasteiger partial charge in [-0.3, -0.25) is 0 Å². The summed E-state index contributed by atoms with van der Waals surface area (Å²) in [6.45, 7) is 4.38. The zero-order chi connectivity index (χ0) is 12.8. The van der Waals surface area contributed by atoms with Crippen LogP contribution >= 0.6 is 27.7 Å². The van der Waals surface area contributed by atoms with E-state index in [2.05, 4.69) is 35.1 Å². The molecule has 0 heterocycles. The van der Waals surface area contributed by atoms with E-state index in [1.807, 2.05) is 24.9 Å². The van der Waals surface area contributed by atoms with Gasteiger partial charge in [-0.1, -0.05) is 29.8 Å². The van der Waals surface area contributed by atoms with Gasteiger partial charge in [0.2, 0.25) is 0 Å². The summed E-state index contributed by atoms with van der Waals surface area (Å²) in [5.41, 5.74) is 1.03. The van der Waals surface area contributed by atoms with Crippen molar-refractivity contribution in [1.29, 1.82) is 0 Å². The number of rotatable bonds is 6. The number of thioether (sulfide) groups is 1. The summed E-state index contributed by atoms with van der Waals surface area (Å²) < 4.78 is 14.0. The van der Waals surface area contributed by atoms with Gasteiger partial charge >= 0.3 is 0 Å². The van der Waals surface area contributed by atoms with Gasteiger partial charge in [0.15, 0.2) is 0 Å². The number of halogens is 2. The highest BCUT2D eigenvalue weighted by Crippen LogP contribution is 2.18. The molecule has 0 bridgehead atoms. The summed E-state index contributed by atoms with van der Waals surface area (Å²) in [7, 11) is 1.96. The van der Waals surface area contributed by atoms with E-state index >= 15 is 0 Å². The van der Waals surface area contributed by atoms with Crippen LogP contribution in [0.5, 0.6) is 0 Å². The number of benzene rings is 1. The van der Waals surface area contributed by atoms with Crippen LogP contribution in [0.1, 0.15) is 19.4 Å². The van der Waals surface area contributed by atoms with Crippen LogP contribution in [0.4, 0.5) is 4.39 Å². The fourth-order valence-corrected chi connectivity index (χ4v) is 2.98. The maximum absolute atomic E-state index is 13.2. The summed E-state index contributed by atoms with van der Waals surface area (Å²) in [6.07, 6.45) is 0.854. The molecule has 1 nitrogen and oxygen atoms in total. The Kier molecular flexibility index (Phi) is 6.52. The molecule has 0 aromatic heterocycles. The summed E-state index contributed by atoms with van der Waals surface area (Å²) >= 11 is 5.25. The van der Waals surface area contributed by atoms with Crippen molar-refractivity contribution in [2.75, 3.05) is 12.8 Å². The van der Waals surface area contributed by atoms with Crippen LogP contribution < -0.4 is 5.32 Å². The minimum Gasteiger partial charge on any atom is -0.316 e. The van der Waals surface area contributed by atoms with Gasteiger partial charge in [-0.05, 0) is 42.5 Å². The highest BCUT2D eigenvalue weighted by atomic mass is 79.9. The van der Waals surface area contributed by atoms with Crippen molar-refractivity contribution in [3.63, 3.8) is 0 Å². The van der Waals surface area contributed by atoms with Crippen LogP contribution in [0, 0.1) is 5.82 Å². The van der Waals surface area contributed by atoms with E-state index in [-0.39, 0.29) is 5.82 Å². The first-order chi connectivity index (χ1) is 8.01. The Labute approximate surface area is 116 Å². The van der Waals surface area contributed by atoms with Crippen molar-refractivity contribution in [2.24, 2.45) is 0 Å². The zero-order valence-corrected chi connectivity index (χ0v) is 12.9. The molecule has 0 saturated heterocycles. The Hall–Kier alpha value is -0.0600. The lowest BCUT2D eigenvalue weighted by Gasteiger charge is -2.17. The molecule has 0 spiro atoms. The fourth-order valence-electron chi connectivity index (χ4n) is 1.57. The van der Waals surface area contributed by atoms with Gasteiger partial charge in [0, 0.05) is 16.3 Å². The van der Waals surface area contributed by atoms with Crippen LogP contribution in [0.15, 0.2) is 22.7 Å². The first-order valence-electron chi connectivity index (χ1n) is 5.75. The van der Waals surface area contributed by atoms with Crippen molar-refractivity contribution in [1.82, 2.24) is 5.32 Å². The van der Waals surface area contributed by atoms with E-state index in [4.69, 9.17) is 0 Å². The zero-order valence-electron chi connectivity index (χ0n) is 10.5. The van der Waals surface area contributed by atoms with Gasteiger partial charge < -0.3 is 5.32 Å². The second kappa shape index (κ2) is 7.39. The third kappa shape index (κ3) is 5.89. The molecule has 0 aliphatic heterocycles.